The van der Waals surface area contributed by atoms with Crippen LogP contribution in [0.4, 0.5) is 4.79 Å². The van der Waals surface area contributed by atoms with E-state index in [1.54, 1.807) is 36.1 Å². The first-order chi connectivity index (χ1) is 28.9. The Bertz CT molecular complexity index is 2660. The fourth-order valence-electron chi connectivity index (χ4n) is 6.90. The number of amides is 2. The number of hydrogen-bond acceptors (Lipinski definition) is 11. The van der Waals surface area contributed by atoms with E-state index >= 15 is 0 Å². The van der Waals surface area contributed by atoms with Gasteiger partial charge < -0.3 is 32.4 Å². The lowest BCUT2D eigenvalue weighted by Gasteiger charge is -2.39. The third-order valence-electron chi connectivity index (χ3n) is 10.2. The highest BCUT2D eigenvalue weighted by atomic mass is 32.2. The van der Waals surface area contributed by atoms with E-state index in [4.69, 9.17) is 22.6 Å². The summed E-state index contributed by atoms with van der Waals surface area (Å²) in [6, 6.07) is 27.8. The van der Waals surface area contributed by atoms with Crippen LogP contribution in [0.15, 0.2) is 113 Å². The molecular formula is C46H48N2O11S2. The third kappa shape index (κ3) is 9.95. The van der Waals surface area contributed by atoms with E-state index in [0.29, 0.717) is 25.4 Å². The minimum absolute atomic E-state index is 0.0645. The molecule has 0 N–H and O–H groups in total. The molecule has 0 atom stereocenters. The lowest BCUT2D eigenvalue weighted by atomic mass is 10.0. The van der Waals surface area contributed by atoms with Gasteiger partial charge in [-0.1, -0.05) is 77.9 Å². The lowest BCUT2D eigenvalue weighted by molar-refractivity contribution is -0.00788. The molecule has 0 bridgehead atoms. The maximum atomic E-state index is 15.0. The zero-order valence-electron chi connectivity index (χ0n) is 34.8. The molecule has 2 amide bonds. The highest BCUT2D eigenvalue weighted by Gasteiger charge is 2.37. The molecule has 0 aromatic heterocycles. The van der Waals surface area contributed by atoms with Crippen molar-refractivity contribution in [1.29, 1.82) is 0 Å². The first-order valence-electron chi connectivity index (χ1n) is 19.7. The van der Waals surface area contributed by atoms with Crippen molar-refractivity contribution in [2.45, 2.75) is 76.6 Å². The van der Waals surface area contributed by atoms with Crippen LogP contribution < -0.4 is 17.8 Å². The summed E-state index contributed by atoms with van der Waals surface area (Å²) in [5, 5.41) is 0. The molecule has 5 aromatic rings. The number of rotatable bonds is 13. The van der Waals surface area contributed by atoms with E-state index in [-0.39, 0.29) is 64.1 Å². The fourth-order valence-corrected chi connectivity index (χ4v) is 8.81. The molecule has 15 heteroatoms. The van der Waals surface area contributed by atoms with Crippen molar-refractivity contribution in [3.8, 4) is 23.0 Å². The van der Waals surface area contributed by atoms with Crippen LogP contribution in [0, 0.1) is 26.7 Å². The number of fused-ring (bicyclic) bond motifs is 1. The average molecular weight is 869 g/mol. The maximum Gasteiger partial charge on any atom is 0.410 e. The van der Waals surface area contributed by atoms with Crippen molar-refractivity contribution in [2.24, 2.45) is 5.92 Å². The van der Waals surface area contributed by atoms with Gasteiger partial charge in [0.15, 0.2) is 11.5 Å². The summed E-state index contributed by atoms with van der Waals surface area (Å²) in [6.45, 7) is 12.1. The predicted octanol–water partition coefficient (Wildman–Crippen LogP) is 8.13. The Labute approximate surface area is 357 Å². The summed E-state index contributed by atoms with van der Waals surface area (Å²) in [7, 11) is -9.06. The van der Waals surface area contributed by atoms with Crippen LogP contribution in [0.3, 0.4) is 0 Å². The molecule has 61 heavy (non-hydrogen) atoms. The molecule has 0 aliphatic carbocycles. The number of ether oxygens (including phenoxy) is 3. The molecule has 2 heterocycles. The van der Waals surface area contributed by atoms with Crippen molar-refractivity contribution in [3.05, 3.63) is 142 Å². The Morgan fingerprint density at radius 2 is 1.26 bits per heavy atom. The second-order valence-corrected chi connectivity index (χ2v) is 19.4. The van der Waals surface area contributed by atoms with Crippen LogP contribution in [0.1, 0.15) is 64.5 Å². The van der Waals surface area contributed by atoms with Crippen molar-refractivity contribution < 1.29 is 49.0 Å². The summed E-state index contributed by atoms with van der Waals surface area (Å²) in [6.07, 6.45) is -0.372. The molecule has 0 saturated carbocycles. The minimum atomic E-state index is -4.60. The summed E-state index contributed by atoms with van der Waals surface area (Å²) < 4.78 is 84.9. The molecule has 7 rings (SSSR count). The van der Waals surface area contributed by atoms with Gasteiger partial charge >= 0.3 is 26.3 Å². The van der Waals surface area contributed by atoms with Gasteiger partial charge in [0, 0.05) is 42.7 Å². The van der Waals surface area contributed by atoms with Crippen LogP contribution >= 0.6 is 0 Å². The highest BCUT2D eigenvalue weighted by molar-refractivity contribution is 7.87. The molecule has 1 fully saturated rings. The van der Waals surface area contributed by atoms with Gasteiger partial charge in [-0.2, -0.15) is 16.8 Å². The first kappa shape index (κ1) is 43.0. The van der Waals surface area contributed by atoms with Gasteiger partial charge in [0.1, 0.15) is 39.1 Å². The quantitative estimate of drug-likeness (QED) is 0.105. The van der Waals surface area contributed by atoms with Gasteiger partial charge in [-0.25, -0.2) is 4.79 Å². The monoisotopic (exact) mass is 868 g/mol. The molecule has 0 unspecified atom stereocenters. The Kier molecular flexibility index (Phi) is 12.1. The molecule has 13 nitrogen and oxygen atoms in total. The Hall–Kier alpha value is -6.06. The summed E-state index contributed by atoms with van der Waals surface area (Å²) in [4.78, 5) is 30.3. The number of hydrogen-bond donors (Lipinski definition) is 0. The standard InChI is InChI=1S/C46H48N2O11S2/c1-30-15-19-36(20-16-30)60(51,52)58-40-23-41(59-61(53,54)37-21-17-31(2)18-22-37)42(43(32(40)3)56-28-33-11-8-7-9-12-33)44(49)47-26-35-13-10-14-39(38(35)27-47)55-29-34-24-48(25-34)45(50)57-46(4,5)6/h7-23,34H,24-29H2,1-6H3. The van der Waals surface area contributed by atoms with Gasteiger partial charge in [-0.3, -0.25) is 4.79 Å². The average Bonchev–Trinajstić information content (AvgIpc) is 3.63. The second kappa shape index (κ2) is 17.1. The van der Waals surface area contributed by atoms with Gasteiger partial charge in [-0.05, 0) is 83.0 Å². The summed E-state index contributed by atoms with van der Waals surface area (Å²) >= 11 is 0. The summed E-state index contributed by atoms with van der Waals surface area (Å²) in [5.41, 5.74) is 3.24. The second-order valence-electron chi connectivity index (χ2n) is 16.3. The number of likely N-dealkylation sites (tertiary alicyclic amines) is 1. The van der Waals surface area contributed by atoms with Crippen molar-refractivity contribution in [2.75, 3.05) is 19.7 Å². The smallest absolute Gasteiger partial charge is 0.410 e. The van der Waals surface area contributed by atoms with Crippen molar-refractivity contribution in [1.82, 2.24) is 9.80 Å². The fraction of sp³-hybridized carbons (Fsp3) is 0.304. The molecule has 320 valence electrons. The number of benzene rings is 5. The highest BCUT2D eigenvalue weighted by Crippen LogP contribution is 2.44. The van der Waals surface area contributed by atoms with Gasteiger partial charge in [0.2, 0.25) is 0 Å². The third-order valence-corrected chi connectivity index (χ3v) is 12.7. The molecule has 5 aromatic carbocycles. The van der Waals surface area contributed by atoms with E-state index < -0.39 is 37.5 Å². The van der Waals surface area contributed by atoms with E-state index in [9.17, 15) is 26.4 Å². The van der Waals surface area contributed by atoms with Gasteiger partial charge in [0.25, 0.3) is 5.91 Å². The normalized spacial score (nSPS) is 14.2. The van der Waals surface area contributed by atoms with Crippen LogP contribution in [0.2, 0.25) is 0 Å². The van der Waals surface area contributed by atoms with Gasteiger partial charge in [0.05, 0.1) is 13.2 Å². The molecule has 0 radical (unpaired) electrons. The van der Waals surface area contributed by atoms with E-state index in [1.165, 1.54) is 36.1 Å². The molecule has 0 spiro atoms. The zero-order valence-corrected chi connectivity index (χ0v) is 36.5. The Balaban J connectivity index is 1.23. The van der Waals surface area contributed by atoms with E-state index in [0.717, 1.165) is 33.9 Å². The topological polar surface area (TPSA) is 155 Å². The van der Waals surface area contributed by atoms with E-state index in [1.807, 2.05) is 76.2 Å². The number of aryl methyl sites for hydroxylation is 2. The SMILES string of the molecule is Cc1ccc(S(=O)(=O)Oc2cc(OS(=O)(=O)c3ccc(C)cc3)c(C(=O)N3Cc4cccc(OCC5CN(C(=O)OC(C)(C)C)C5)c4C3)c(OCc3ccccc3)c2C)cc1. The molecule has 2 aliphatic heterocycles. The number of carbonyl (C=O) groups is 2. The van der Waals surface area contributed by atoms with E-state index in [2.05, 4.69) is 0 Å². The molecular weight excluding hydrogens is 821 g/mol. The maximum absolute atomic E-state index is 15.0. The number of carbonyl (C=O) groups excluding carboxylic acids is 2. The molecule has 2 aliphatic rings. The number of nitrogens with zero attached hydrogens (tertiary/aromatic N) is 2. The summed E-state index contributed by atoms with van der Waals surface area (Å²) in [5.74, 6) is -0.880. The zero-order chi connectivity index (χ0) is 43.7. The van der Waals surface area contributed by atoms with Crippen LogP contribution in [-0.2, 0) is 44.7 Å². The van der Waals surface area contributed by atoms with Crippen LogP contribution in [-0.4, -0.2) is 63.9 Å². The van der Waals surface area contributed by atoms with Crippen LogP contribution in [0.5, 0.6) is 23.0 Å². The molecule has 1 saturated heterocycles. The predicted molar refractivity (Wildman–Crippen MR) is 227 cm³/mol. The van der Waals surface area contributed by atoms with Crippen LogP contribution in [0.25, 0.3) is 0 Å². The Morgan fingerprint density at radius 1 is 0.672 bits per heavy atom. The Morgan fingerprint density at radius 3 is 1.85 bits per heavy atom. The van der Waals surface area contributed by atoms with Gasteiger partial charge in [-0.15, -0.1) is 0 Å². The van der Waals surface area contributed by atoms with Crippen molar-refractivity contribution in [3.63, 3.8) is 0 Å². The first-order valence-corrected chi connectivity index (χ1v) is 22.6. The van der Waals surface area contributed by atoms with Crippen molar-refractivity contribution >= 4 is 32.2 Å². The lowest BCUT2D eigenvalue weighted by Crippen LogP contribution is -2.53. The largest absolute Gasteiger partial charge is 0.493 e. The minimum Gasteiger partial charge on any atom is -0.493 e.